The standard InChI is InChI=1S/C17H14ClN3OS/c18-14-6-2-1-4-12(14)7-8-16(22)21-17-20-15(11-23-17)13-5-3-9-19-10-13/h1-6,9-11H,7-8H2,(H,20,21,22). The molecule has 0 aliphatic heterocycles. The van der Waals surface area contributed by atoms with E-state index in [-0.39, 0.29) is 5.91 Å². The van der Waals surface area contributed by atoms with Gasteiger partial charge >= 0.3 is 0 Å². The van der Waals surface area contributed by atoms with Crippen molar-refractivity contribution in [1.82, 2.24) is 9.97 Å². The van der Waals surface area contributed by atoms with E-state index in [1.807, 2.05) is 41.8 Å². The summed E-state index contributed by atoms with van der Waals surface area (Å²) in [5, 5.41) is 6.01. The van der Waals surface area contributed by atoms with E-state index in [2.05, 4.69) is 15.3 Å². The molecular weight excluding hydrogens is 330 g/mol. The SMILES string of the molecule is O=C(CCc1ccccc1Cl)Nc1nc(-c2cccnc2)cs1. The number of halogens is 1. The van der Waals surface area contributed by atoms with Gasteiger partial charge in [0.25, 0.3) is 0 Å². The number of hydrogen-bond donors (Lipinski definition) is 1. The lowest BCUT2D eigenvalue weighted by Crippen LogP contribution is -2.12. The molecule has 0 aliphatic rings. The van der Waals surface area contributed by atoms with Crippen molar-refractivity contribution in [2.45, 2.75) is 12.8 Å². The van der Waals surface area contributed by atoms with Gasteiger partial charge in [-0.2, -0.15) is 0 Å². The second-order valence-corrected chi connectivity index (χ2v) is 6.18. The van der Waals surface area contributed by atoms with Gasteiger partial charge in [-0.3, -0.25) is 9.78 Å². The lowest BCUT2D eigenvalue weighted by molar-refractivity contribution is -0.116. The van der Waals surface area contributed by atoms with Crippen LogP contribution in [0.3, 0.4) is 0 Å². The molecule has 0 radical (unpaired) electrons. The molecule has 1 amide bonds. The highest BCUT2D eigenvalue weighted by Gasteiger charge is 2.09. The van der Waals surface area contributed by atoms with Gasteiger partial charge in [0.1, 0.15) is 0 Å². The second kappa shape index (κ2) is 7.35. The number of aryl methyl sites for hydroxylation is 1. The largest absolute Gasteiger partial charge is 0.302 e. The third-order valence-corrected chi connectivity index (χ3v) is 4.41. The highest BCUT2D eigenvalue weighted by molar-refractivity contribution is 7.14. The van der Waals surface area contributed by atoms with Crippen molar-refractivity contribution in [3.05, 3.63) is 64.8 Å². The van der Waals surface area contributed by atoms with E-state index in [1.54, 1.807) is 12.4 Å². The lowest BCUT2D eigenvalue weighted by atomic mass is 10.1. The summed E-state index contributed by atoms with van der Waals surface area (Å²) in [6.07, 6.45) is 4.43. The maximum atomic E-state index is 12.0. The first-order chi connectivity index (χ1) is 11.2. The minimum atomic E-state index is -0.0722. The smallest absolute Gasteiger partial charge is 0.226 e. The van der Waals surface area contributed by atoms with Crippen LogP contribution in [0.15, 0.2) is 54.2 Å². The number of amides is 1. The molecule has 0 spiro atoms. The zero-order valence-corrected chi connectivity index (χ0v) is 13.8. The van der Waals surface area contributed by atoms with Crippen LogP contribution in [0.2, 0.25) is 5.02 Å². The van der Waals surface area contributed by atoms with Crippen LogP contribution >= 0.6 is 22.9 Å². The van der Waals surface area contributed by atoms with E-state index >= 15 is 0 Å². The summed E-state index contributed by atoms with van der Waals surface area (Å²) in [5.41, 5.74) is 2.71. The first kappa shape index (κ1) is 15.6. The molecule has 0 saturated carbocycles. The number of anilines is 1. The Kier molecular flexibility index (Phi) is 5.00. The van der Waals surface area contributed by atoms with E-state index in [4.69, 9.17) is 11.6 Å². The number of carbonyl (C=O) groups is 1. The number of thiazole rings is 1. The first-order valence-corrected chi connectivity index (χ1v) is 8.37. The Balaban J connectivity index is 1.58. The normalized spacial score (nSPS) is 10.5. The van der Waals surface area contributed by atoms with Crippen LogP contribution in [0.1, 0.15) is 12.0 Å². The fourth-order valence-electron chi connectivity index (χ4n) is 2.11. The summed E-state index contributed by atoms with van der Waals surface area (Å²) in [6, 6.07) is 11.3. The maximum Gasteiger partial charge on any atom is 0.226 e. The van der Waals surface area contributed by atoms with Crippen LogP contribution in [-0.4, -0.2) is 15.9 Å². The molecule has 3 rings (SSSR count). The van der Waals surface area contributed by atoms with Crippen molar-refractivity contribution in [3.63, 3.8) is 0 Å². The van der Waals surface area contributed by atoms with Crippen LogP contribution in [0.4, 0.5) is 5.13 Å². The molecule has 4 nitrogen and oxygen atoms in total. The molecule has 2 heterocycles. The fraction of sp³-hybridized carbons (Fsp3) is 0.118. The van der Waals surface area contributed by atoms with Gasteiger partial charge in [0.15, 0.2) is 5.13 Å². The number of nitrogens with zero attached hydrogens (tertiary/aromatic N) is 2. The van der Waals surface area contributed by atoms with Crippen molar-refractivity contribution < 1.29 is 4.79 Å². The van der Waals surface area contributed by atoms with Crippen molar-refractivity contribution in [2.75, 3.05) is 5.32 Å². The van der Waals surface area contributed by atoms with Gasteiger partial charge in [-0.05, 0) is 30.2 Å². The summed E-state index contributed by atoms with van der Waals surface area (Å²) in [6.45, 7) is 0. The summed E-state index contributed by atoms with van der Waals surface area (Å²) >= 11 is 7.49. The number of pyridine rings is 1. The summed E-state index contributed by atoms with van der Waals surface area (Å²) < 4.78 is 0. The number of nitrogens with one attached hydrogen (secondary N) is 1. The van der Waals surface area contributed by atoms with Gasteiger partial charge in [0.2, 0.25) is 5.91 Å². The number of carbonyl (C=O) groups excluding carboxylic acids is 1. The molecule has 0 unspecified atom stereocenters. The van der Waals surface area contributed by atoms with Gasteiger partial charge in [-0.25, -0.2) is 4.98 Å². The molecule has 0 bridgehead atoms. The Morgan fingerprint density at radius 3 is 2.87 bits per heavy atom. The predicted molar refractivity (Wildman–Crippen MR) is 93.7 cm³/mol. The minimum absolute atomic E-state index is 0.0722. The molecule has 2 aromatic heterocycles. The lowest BCUT2D eigenvalue weighted by Gasteiger charge is -2.04. The Hall–Kier alpha value is -2.24. The van der Waals surface area contributed by atoms with E-state index in [0.717, 1.165) is 16.8 Å². The number of benzene rings is 1. The Morgan fingerprint density at radius 1 is 1.22 bits per heavy atom. The third kappa shape index (κ3) is 4.15. The summed E-state index contributed by atoms with van der Waals surface area (Å²) in [7, 11) is 0. The van der Waals surface area contributed by atoms with Crippen LogP contribution in [0, 0.1) is 0 Å². The number of hydrogen-bond acceptors (Lipinski definition) is 4. The van der Waals surface area contributed by atoms with E-state index in [0.29, 0.717) is 23.0 Å². The van der Waals surface area contributed by atoms with Crippen LogP contribution < -0.4 is 5.32 Å². The molecule has 1 aromatic carbocycles. The predicted octanol–water partition coefficient (Wildman–Crippen LogP) is 4.43. The van der Waals surface area contributed by atoms with E-state index in [1.165, 1.54) is 11.3 Å². The molecule has 0 aliphatic carbocycles. The van der Waals surface area contributed by atoms with Gasteiger partial charge in [0, 0.05) is 34.8 Å². The van der Waals surface area contributed by atoms with Crippen molar-refractivity contribution in [2.24, 2.45) is 0 Å². The molecule has 0 saturated heterocycles. The Labute approximate surface area is 143 Å². The minimum Gasteiger partial charge on any atom is -0.302 e. The van der Waals surface area contributed by atoms with Crippen LogP contribution in [0.25, 0.3) is 11.3 Å². The Bertz CT molecular complexity index is 804. The number of rotatable bonds is 5. The van der Waals surface area contributed by atoms with Crippen molar-refractivity contribution in [1.29, 1.82) is 0 Å². The third-order valence-electron chi connectivity index (χ3n) is 3.29. The average molecular weight is 344 g/mol. The molecule has 0 fully saturated rings. The maximum absolute atomic E-state index is 12.0. The highest BCUT2D eigenvalue weighted by Crippen LogP contribution is 2.24. The number of aromatic nitrogens is 2. The zero-order valence-electron chi connectivity index (χ0n) is 12.2. The average Bonchev–Trinajstić information content (AvgIpc) is 3.03. The molecular formula is C17H14ClN3OS. The van der Waals surface area contributed by atoms with Crippen molar-refractivity contribution >= 4 is 34.0 Å². The van der Waals surface area contributed by atoms with E-state index < -0.39 is 0 Å². The molecule has 6 heteroatoms. The first-order valence-electron chi connectivity index (χ1n) is 7.11. The highest BCUT2D eigenvalue weighted by atomic mass is 35.5. The van der Waals surface area contributed by atoms with Gasteiger partial charge in [-0.1, -0.05) is 29.8 Å². The quantitative estimate of drug-likeness (QED) is 0.745. The van der Waals surface area contributed by atoms with Gasteiger partial charge in [0.05, 0.1) is 5.69 Å². The van der Waals surface area contributed by atoms with Gasteiger partial charge < -0.3 is 5.32 Å². The van der Waals surface area contributed by atoms with Crippen LogP contribution in [-0.2, 0) is 11.2 Å². The molecule has 3 aromatic rings. The Morgan fingerprint density at radius 2 is 2.09 bits per heavy atom. The fourth-order valence-corrected chi connectivity index (χ4v) is 3.08. The van der Waals surface area contributed by atoms with E-state index in [9.17, 15) is 4.79 Å². The molecule has 0 atom stereocenters. The van der Waals surface area contributed by atoms with Crippen molar-refractivity contribution in [3.8, 4) is 11.3 Å². The summed E-state index contributed by atoms with van der Waals surface area (Å²) in [5.74, 6) is -0.0722. The molecule has 116 valence electrons. The second-order valence-electron chi connectivity index (χ2n) is 4.92. The topological polar surface area (TPSA) is 54.9 Å². The molecule has 1 N–H and O–H groups in total. The zero-order chi connectivity index (χ0) is 16.1. The molecule has 23 heavy (non-hydrogen) atoms. The van der Waals surface area contributed by atoms with Gasteiger partial charge in [-0.15, -0.1) is 11.3 Å². The monoisotopic (exact) mass is 343 g/mol. The van der Waals surface area contributed by atoms with Crippen LogP contribution in [0.5, 0.6) is 0 Å². The summed E-state index contributed by atoms with van der Waals surface area (Å²) in [4.78, 5) is 20.5.